The van der Waals surface area contributed by atoms with Crippen molar-refractivity contribution in [2.75, 3.05) is 19.6 Å². The second-order valence-corrected chi connectivity index (χ2v) is 7.55. The van der Waals surface area contributed by atoms with Gasteiger partial charge in [-0.15, -0.1) is 0 Å². The van der Waals surface area contributed by atoms with Gasteiger partial charge < -0.3 is 4.74 Å². The van der Waals surface area contributed by atoms with Crippen LogP contribution >= 0.6 is 0 Å². The zero-order chi connectivity index (χ0) is 21.3. The number of likely N-dealkylation sites (N-methyl/N-ethyl adjacent to an activating group) is 1. The summed E-state index contributed by atoms with van der Waals surface area (Å²) in [6, 6.07) is 14.9. The molecule has 0 amide bonds. The first kappa shape index (κ1) is 20.1. The second kappa shape index (κ2) is 8.25. The van der Waals surface area contributed by atoms with Gasteiger partial charge in [0.2, 0.25) is 0 Å². The van der Waals surface area contributed by atoms with Crippen molar-refractivity contribution in [3.8, 4) is 6.07 Å². The normalized spacial score (nSPS) is 20.8. The third-order valence-electron chi connectivity index (χ3n) is 5.62. The molecule has 1 atom stereocenters. The first-order valence-corrected chi connectivity index (χ1v) is 9.96. The Morgan fingerprint density at radius 3 is 2.30 bits per heavy atom. The number of benzene rings is 2. The summed E-state index contributed by atoms with van der Waals surface area (Å²) in [5.74, 6) is 0.439. The van der Waals surface area contributed by atoms with E-state index >= 15 is 0 Å². The molecule has 2 aliphatic heterocycles. The Labute approximate surface area is 175 Å². The number of nitriles is 1. The molecule has 0 bridgehead atoms. The molecule has 5 heteroatoms. The maximum absolute atomic E-state index is 13.5. The van der Waals surface area contributed by atoms with Crippen LogP contribution in [0, 0.1) is 23.0 Å². The number of halogens is 2. The van der Waals surface area contributed by atoms with Crippen LogP contribution in [-0.4, -0.2) is 24.5 Å². The Hall–Kier alpha value is -3.23. The molecule has 152 valence electrons. The molecule has 3 nitrogen and oxygen atoms in total. The molecule has 0 radical (unpaired) electrons. The van der Waals surface area contributed by atoms with Crippen molar-refractivity contribution in [3.63, 3.8) is 0 Å². The molecule has 2 aromatic rings. The number of hydrogen-bond acceptors (Lipinski definition) is 3. The molecule has 0 saturated heterocycles. The van der Waals surface area contributed by atoms with Gasteiger partial charge in [-0.05, 0) is 60.5 Å². The quantitative estimate of drug-likeness (QED) is 0.673. The summed E-state index contributed by atoms with van der Waals surface area (Å²) in [6.07, 6.45) is 2.00. The SMILES string of the molecule is CCN1CC2=C(OC(C)=C(C#N)[C@H]2c2ccc(F)cc2)/C(=C/c2ccc(F)cc2)C1. The molecule has 4 rings (SSSR count). The van der Waals surface area contributed by atoms with E-state index in [0.717, 1.165) is 34.6 Å². The Morgan fingerprint density at radius 1 is 1.07 bits per heavy atom. The van der Waals surface area contributed by atoms with Crippen molar-refractivity contribution in [3.05, 3.63) is 99.5 Å². The van der Waals surface area contributed by atoms with Crippen molar-refractivity contribution in [2.24, 2.45) is 0 Å². The van der Waals surface area contributed by atoms with E-state index in [1.807, 2.05) is 6.08 Å². The number of rotatable bonds is 3. The zero-order valence-corrected chi connectivity index (χ0v) is 17.0. The molecule has 0 spiro atoms. The fourth-order valence-corrected chi connectivity index (χ4v) is 4.09. The van der Waals surface area contributed by atoms with E-state index in [9.17, 15) is 14.0 Å². The molecule has 0 unspecified atom stereocenters. The Bertz CT molecular complexity index is 1090. The third kappa shape index (κ3) is 3.79. The van der Waals surface area contributed by atoms with Gasteiger partial charge in [-0.3, -0.25) is 4.90 Å². The molecule has 0 fully saturated rings. The average molecular weight is 404 g/mol. The van der Waals surface area contributed by atoms with Gasteiger partial charge in [-0.1, -0.05) is 31.2 Å². The monoisotopic (exact) mass is 404 g/mol. The Balaban J connectivity index is 1.86. The lowest BCUT2D eigenvalue weighted by Gasteiger charge is -2.38. The molecule has 0 N–H and O–H groups in total. The van der Waals surface area contributed by atoms with Crippen molar-refractivity contribution in [2.45, 2.75) is 19.8 Å². The van der Waals surface area contributed by atoms with Crippen LogP contribution in [-0.2, 0) is 4.74 Å². The summed E-state index contributed by atoms with van der Waals surface area (Å²) in [7, 11) is 0. The van der Waals surface area contributed by atoms with E-state index in [4.69, 9.17) is 4.74 Å². The fraction of sp³-hybridized carbons (Fsp3) is 0.240. The highest BCUT2D eigenvalue weighted by Crippen LogP contribution is 2.44. The highest BCUT2D eigenvalue weighted by atomic mass is 19.1. The predicted octanol–water partition coefficient (Wildman–Crippen LogP) is 5.55. The van der Waals surface area contributed by atoms with Gasteiger partial charge in [0, 0.05) is 24.6 Å². The van der Waals surface area contributed by atoms with Gasteiger partial charge in [0.05, 0.1) is 11.6 Å². The number of hydrogen-bond donors (Lipinski definition) is 0. The smallest absolute Gasteiger partial charge is 0.132 e. The molecule has 30 heavy (non-hydrogen) atoms. The first-order valence-electron chi connectivity index (χ1n) is 9.96. The minimum absolute atomic E-state index is 0.279. The van der Waals surface area contributed by atoms with E-state index in [2.05, 4.69) is 17.9 Å². The largest absolute Gasteiger partial charge is 0.461 e. The Morgan fingerprint density at radius 2 is 1.70 bits per heavy atom. The molecule has 0 aromatic heterocycles. The minimum atomic E-state index is -0.310. The summed E-state index contributed by atoms with van der Waals surface area (Å²) in [6.45, 7) is 6.06. The van der Waals surface area contributed by atoms with Crippen LogP contribution in [0.1, 0.15) is 30.9 Å². The van der Waals surface area contributed by atoms with Crippen LogP contribution in [0.15, 0.2) is 76.8 Å². The lowest BCUT2D eigenvalue weighted by molar-refractivity contribution is 0.242. The van der Waals surface area contributed by atoms with Gasteiger partial charge in [0.1, 0.15) is 23.2 Å². The molecule has 2 aromatic carbocycles. The van der Waals surface area contributed by atoms with E-state index in [1.54, 1.807) is 31.2 Å². The summed E-state index contributed by atoms with van der Waals surface area (Å²) in [4.78, 5) is 2.27. The highest BCUT2D eigenvalue weighted by Gasteiger charge is 2.36. The second-order valence-electron chi connectivity index (χ2n) is 7.55. The van der Waals surface area contributed by atoms with Crippen LogP contribution in [0.4, 0.5) is 8.78 Å². The summed E-state index contributed by atoms with van der Waals surface area (Å²) < 4.78 is 33.0. The van der Waals surface area contributed by atoms with Crippen LogP contribution in [0.2, 0.25) is 0 Å². The fourth-order valence-electron chi connectivity index (χ4n) is 4.09. The molecule has 2 heterocycles. The molecule has 0 aliphatic carbocycles. The van der Waals surface area contributed by atoms with E-state index < -0.39 is 0 Å². The van der Waals surface area contributed by atoms with Crippen LogP contribution in [0.25, 0.3) is 6.08 Å². The van der Waals surface area contributed by atoms with Gasteiger partial charge in [0.25, 0.3) is 0 Å². The van der Waals surface area contributed by atoms with Crippen molar-refractivity contribution in [1.29, 1.82) is 5.26 Å². The van der Waals surface area contributed by atoms with Crippen LogP contribution < -0.4 is 0 Å². The first-order chi connectivity index (χ1) is 14.5. The van der Waals surface area contributed by atoms with Crippen molar-refractivity contribution in [1.82, 2.24) is 4.90 Å². The van der Waals surface area contributed by atoms with E-state index in [1.165, 1.54) is 24.3 Å². The highest BCUT2D eigenvalue weighted by molar-refractivity contribution is 5.63. The van der Waals surface area contributed by atoms with Crippen LogP contribution in [0.5, 0.6) is 0 Å². The average Bonchev–Trinajstić information content (AvgIpc) is 2.75. The lowest BCUT2D eigenvalue weighted by Crippen LogP contribution is -2.37. The molecular weight excluding hydrogens is 382 g/mol. The summed E-state index contributed by atoms with van der Waals surface area (Å²) in [5.41, 5.74) is 4.26. The van der Waals surface area contributed by atoms with Crippen molar-refractivity contribution < 1.29 is 13.5 Å². The maximum atomic E-state index is 13.5. The van der Waals surface area contributed by atoms with Gasteiger partial charge >= 0.3 is 0 Å². The number of ether oxygens (including phenoxy) is 1. The van der Waals surface area contributed by atoms with E-state index in [-0.39, 0.29) is 17.6 Å². The standard InChI is InChI=1S/C25H22F2N2O/c1-3-29-14-19(12-17-4-8-20(26)9-5-17)25-23(15-29)24(22(13-28)16(2)30-25)18-6-10-21(27)11-7-18/h4-12,24H,3,14-15H2,1-2H3/b19-12+/t24-/m1/s1. The number of nitrogens with zero attached hydrogens (tertiary/aromatic N) is 2. The van der Waals surface area contributed by atoms with Crippen LogP contribution in [0.3, 0.4) is 0 Å². The van der Waals surface area contributed by atoms with Gasteiger partial charge in [0.15, 0.2) is 0 Å². The van der Waals surface area contributed by atoms with Gasteiger partial charge in [-0.2, -0.15) is 5.26 Å². The number of allylic oxidation sites excluding steroid dienone is 2. The van der Waals surface area contributed by atoms with E-state index in [0.29, 0.717) is 24.4 Å². The summed E-state index contributed by atoms with van der Waals surface area (Å²) >= 11 is 0. The van der Waals surface area contributed by atoms with Gasteiger partial charge in [-0.25, -0.2) is 8.78 Å². The predicted molar refractivity (Wildman–Crippen MR) is 112 cm³/mol. The van der Waals surface area contributed by atoms with Crippen molar-refractivity contribution >= 4 is 6.08 Å². The zero-order valence-electron chi connectivity index (χ0n) is 17.0. The molecular formula is C25H22F2N2O. The minimum Gasteiger partial charge on any atom is -0.461 e. The topological polar surface area (TPSA) is 36.3 Å². The molecule has 2 aliphatic rings. The molecule has 0 saturated carbocycles. The Kier molecular flexibility index (Phi) is 5.52. The third-order valence-corrected chi connectivity index (χ3v) is 5.62. The maximum Gasteiger partial charge on any atom is 0.132 e. The summed E-state index contributed by atoms with van der Waals surface area (Å²) in [5, 5.41) is 9.84. The lowest BCUT2D eigenvalue weighted by atomic mass is 9.79.